The number of hydrogen-bond acceptors (Lipinski definition) is 2. The average molecular weight is 279 g/mol. The van der Waals surface area contributed by atoms with E-state index in [1.807, 2.05) is 22.8 Å². The van der Waals surface area contributed by atoms with Gasteiger partial charge in [-0.2, -0.15) is 0 Å². The third-order valence-electron chi connectivity index (χ3n) is 3.48. The second-order valence-electron chi connectivity index (χ2n) is 4.65. The minimum absolute atomic E-state index is 0. The van der Waals surface area contributed by atoms with Crippen LogP contribution in [0.25, 0.3) is 0 Å². The molecule has 0 fully saturated rings. The summed E-state index contributed by atoms with van der Waals surface area (Å²) in [6.45, 7) is 0.819. The number of imidazole rings is 1. The topological polar surface area (TPSA) is 55.1 Å². The van der Waals surface area contributed by atoms with E-state index in [2.05, 4.69) is 17.1 Å². The molecule has 0 bridgehead atoms. The molecule has 2 aromatic rings. The van der Waals surface area contributed by atoms with E-state index < -0.39 is 5.97 Å². The highest BCUT2D eigenvalue weighted by atomic mass is 35.5. The van der Waals surface area contributed by atoms with Gasteiger partial charge >= 0.3 is 5.97 Å². The number of fused-ring (bicyclic) bond motifs is 1. The number of benzene rings is 1. The van der Waals surface area contributed by atoms with Crippen LogP contribution in [0.4, 0.5) is 0 Å². The van der Waals surface area contributed by atoms with Crippen LogP contribution in [-0.4, -0.2) is 20.6 Å². The zero-order chi connectivity index (χ0) is 12.5. The lowest BCUT2D eigenvalue weighted by atomic mass is 9.92. The number of rotatable bonds is 2. The maximum Gasteiger partial charge on any atom is 0.356 e. The highest BCUT2D eigenvalue weighted by Crippen LogP contribution is 2.28. The molecule has 0 radical (unpaired) electrons. The van der Waals surface area contributed by atoms with Crippen LogP contribution in [0.1, 0.15) is 34.2 Å². The van der Waals surface area contributed by atoms with Crippen LogP contribution in [0, 0.1) is 0 Å². The van der Waals surface area contributed by atoms with E-state index >= 15 is 0 Å². The van der Waals surface area contributed by atoms with Crippen molar-refractivity contribution in [2.75, 3.05) is 0 Å². The molecular weight excluding hydrogens is 264 g/mol. The second kappa shape index (κ2) is 5.45. The van der Waals surface area contributed by atoms with Gasteiger partial charge in [0.25, 0.3) is 0 Å². The molecule has 0 saturated carbocycles. The molecular formula is C14H15ClN2O2. The van der Waals surface area contributed by atoms with Crippen LogP contribution in [0.3, 0.4) is 0 Å². The molecule has 1 atom stereocenters. The predicted molar refractivity (Wildman–Crippen MR) is 73.9 cm³/mol. The van der Waals surface area contributed by atoms with Crippen molar-refractivity contribution in [3.8, 4) is 0 Å². The first-order valence-electron chi connectivity index (χ1n) is 6.08. The Morgan fingerprint density at radius 1 is 1.32 bits per heavy atom. The Morgan fingerprint density at radius 2 is 2.05 bits per heavy atom. The fourth-order valence-electron chi connectivity index (χ4n) is 2.54. The van der Waals surface area contributed by atoms with Crippen molar-refractivity contribution in [2.45, 2.75) is 25.3 Å². The summed E-state index contributed by atoms with van der Waals surface area (Å²) < 4.78 is 1.98. The lowest BCUT2D eigenvalue weighted by molar-refractivity contribution is 0.0691. The van der Waals surface area contributed by atoms with E-state index in [1.54, 1.807) is 6.20 Å². The third-order valence-corrected chi connectivity index (χ3v) is 3.48. The first-order valence-corrected chi connectivity index (χ1v) is 6.08. The molecule has 0 saturated heterocycles. The van der Waals surface area contributed by atoms with Crippen molar-refractivity contribution in [1.29, 1.82) is 0 Å². The predicted octanol–water partition coefficient (Wildman–Crippen LogP) is 2.73. The van der Waals surface area contributed by atoms with E-state index in [0.29, 0.717) is 5.92 Å². The number of carbonyl (C=O) groups is 1. The van der Waals surface area contributed by atoms with Crippen LogP contribution < -0.4 is 0 Å². The summed E-state index contributed by atoms with van der Waals surface area (Å²) in [5.41, 5.74) is 1.47. The van der Waals surface area contributed by atoms with Gasteiger partial charge in [0.2, 0.25) is 0 Å². The van der Waals surface area contributed by atoms with Crippen molar-refractivity contribution >= 4 is 18.4 Å². The fourth-order valence-corrected chi connectivity index (χ4v) is 2.54. The minimum atomic E-state index is -0.951. The summed E-state index contributed by atoms with van der Waals surface area (Å²) in [5.74, 6) is 0.391. The monoisotopic (exact) mass is 278 g/mol. The van der Waals surface area contributed by atoms with Crippen molar-refractivity contribution in [3.05, 3.63) is 53.6 Å². The molecule has 1 N–H and O–H groups in total. The first kappa shape index (κ1) is 13.6. The van der Waals surface area contributed by atoms with Gasteiger partial charge in [-0.1, -0.05) is 30.3 Å². The maximum atomic E-state index is 10.9. The van der Waals surface area contributed by atoms with E-state index in [9.17, 15) is 4.79 Å². The summed E-state index contributed by atoms with van der Waals surface area (Å²) in [4.78, 5) is 15.0. The molecule has 19 heavy (non-hydrogen) atoms. The van der Waals surface area contributed by atoms with Crippen molar-refractivity contribution in [3.63, 3.8) is 0 Å². The van der Waals surface area contributed by atoms with Gasteiger partial charge in [-0.05, 0) is 12.0 Å². The molecule has 1 aliphatic rings. The van der Waals surface area contributed by atoms with Crippen LogP contribution in [0.5, 0.6) is 0 Å². The Labute approximate surface area is 117 Å². The molecule has 4 nitrogen and oxygen atoms in total. The van der Waals surface area contributed by atoms with Crippen LogP contribution >= 0.6 is 12.4 Å². The van der Waals surface area contributed by atoms with Gasteiger partial charge in [-0.3, -0.25) is 0 Å². The lowest BCUT2D eigenvalue weighted by Crippen LogP contribution is -2.18. The number of aromatic nitrogens is 2. The van der Waals surface area contributed by atoms with E-state index in [-0.39, 0.29) is 18.1 Å². The Balaban J connectivity index is 0.00000133. The van der Waals surface area contributed by atoms with Gasteiger partial charge in [0, 0.05) is 25.1 Å². The van der Waals surface area contributed by atoms with Gasteiger partial charge in [0.15, 0.2) is 5.69 Å². The summed E-state index contributed by atoms with van der Waals surface area (Å²) in [6, 6.07) is 10.4. The molecule has 0 aliphatic carbocycles. The highest BCUT2D eigenvalue weighted by molar-refractivity contribution is 5.85. The molecule has 1 aliphatic heterocycles. The molecule has 1 aromatic heterocycles. The molecule has 1 unspecified atom stereocenters. The third kappa shape index (κ3) is 2.63. The minimum Gasteiger partial charge on any atom is -0.476 e. The van der Waals surface area contributed by atoms with Crippen LogP contribution in [0.2, 0.25) is 0 Å². The lowest BCUT2D eigenvalue weighted by Gasteiger charge is -2.23. The number of carboxylic acid groups (broad SMARTS) is 1. The number of nitrogens with zero attached hydrogens (tertiary/aromatic N) is 2. The molecule has 100 valence electrons. The van der Waals surface area contributed by atoms with Crippen molar-refractivity contribution in [1.82, 2.24) is 9.55 Å². The second-order valence-corrected chi connectivity index (χ2v) is 4.65. The number of aryl methyl sites for hydroxylation is 1. The van der Waals surface area contributed by atoms with Crippen molar-refractivity contribution < 1.29 is 9.90 Å². The Kier molecular flexibility index (Phi) is 3.90. The summed E-state index contributed by atoms with van der Waals surface area (Å²) >= 11 is 0. The zero-order valence-electron chi connectivity index (χ0n) is 10.3. The number of halogens is 1. The van der Waals surface area contributed by atoms with E-state index in [4.69, 9.17) is 5.11 Å². The zero-order valence-corrected chi connectivity index (χ0v) is 11.1. The van der Waals surface area contributed by atoms with Crippen molar-refractivity contribution in [2.24, 2.45) is 0 Å². The van der Waals surface area contributed by atoms with E-state index in [1.165, 1.54) is 5.56 Å². The standard InChI is InChI=1S/C14H14N2O2.ClH/c17-14(18)12-9-16-8-11(6-7-13(16)15-12)10-4-2-1-3-5-10;/h1-5,9,11H,6-8H2,(H,17,18);1H. The Bertz CT molecular complexity index is 580. The van der Waals surface area contributed by atoms with Crippen LogP contribution in [0.15, 0.2) is 36.5 Å². The number of hydrogen-bond donors (Lipinski definition) is 1. The Morgan fingerprint density at radius 3 is 2.74 bits per heavy atom. The molecule has 2 heterocycles. The fraction of sp³-hybridized carbons (Fsp3) is 0.286. The quantitative estimate of drug-likeness (QED) is 0.919. The van der Waals surface area contributed by atoms with Gasteiger partial charge < -0.3 is 9.67 Å². The van der Waals surface area contributed by atoms with Crippen LogP contribution in [-0.2, 0) is 13.0 Å². The smallest absolute Gasteiger partial charge is 0.356 e. The molecule has 5 heteroatoms. The molecule has 0 amide bonds. The van der Waals surface area contributed by atoms with Gasteiger partial charge in [0.1, 0.15) is 5.82 Å². The highest BCUT2D eigenvalue weighted by Gasteiger charge is 2.22. The average Bonchev–Trinajstić information content (AvgIpc) is 2.82. The largest absolute Gasteiger partial charge is 0.476 e. The Hall–Kier alpha value is -1.81. The number of carboxylic acids is 1. The van der Waals surface area contributed by atoms with Gasteiger partial charge in [-0.25, -0.2) is 9.78 Å². The summed E-state index contributed by atoms with van der Waals surface area (Å²) in [5, 5.41) is 8.94. The van der Waals surface area contributed by atoms with Gasteiger partial charge in [0.05, 0.1) is 0 Å². The first-order chi connectivity index (χ1) is 8.74. The van der Waals surface area contributed by atoms with Gasteiger partial charge in [-0.15, -0.1) is 12.4 Å². The summed E-state index contributed by atoms with van der Waals surface area (Å²) in [6.07, 6.45) is 3.51. The normalized spacial score (nSPS) is 17.4. The summed E-state index contributed by atoms with van der Waals surface area (Å²) in [7, 11) is 0. The molecule has 0 spiro atoms. The molecule has 3 rings (SSSR count). The SMILES string of the molecule is Cl.O=C(O)c1cn2c(n1)CCC(c1ccccc1)C2. The number of aromatic carboxylic acids is 1. The molecule has 1 aromatic carbocycles. The maximum absolute atomic E-state index is 10.9. The van der Waals surface area contributed by atoms with E-state index in [0.717, 1.165) is 25.2 Å².